The Kier molecular flexibility index (Phi) is 5.90. The summed E-state index contributed by atoms with van der Waals surface area (Å²) >= 11 is 3.50. The first-order valence-corrected chi connectivity index (χ1v) is 5.21. The van der Waals surface area contributed by atoms with Crippen molar-refractivity contribution in [2.45, 2.75) is 30.6 Å². The Morgan fingerprint density at radius 1 is 1.11 bits per heavy atom. The second-order valence-electron chi connectivity index (χ2n) is 3.34. The number of hydrogen-bond acceptors (Lipinski definition) is 3. The largest absolute Gasteiger partial charge is 0.459 e. The van der Waals surface area contributed by atoms with E-state index in [9.17, 15) is 39.9 Å². The molecule has 0 heterocycles. The molecule has 0 aliphatic heterocycles. The summed E-state index contributed by atoms with van der Waals surface area (Å²) in [4.78, 5) is 10.6. The molecule has 11 heteroatoms. The molecule has 0 aliphatic rings. The second kappa shape index (κ2) is 6.14. The summed E-state index contributed by atoms with van der Waals surface area (Å²) in [7, 11) is 0. The number of rotatable bonds is 7. The Balaban J connectivity index is 4.92. The summed E-state index contributed by atoms with van der Waals surface area (Å²) in [5.41, 5.74) is 0. The molecular formula is C8H8F8O2S. The SMILES string of the molecule is O=C(CCS)OCC(F)(F)C(F)(F)C(F)(F)C(F)F. The maximum Gasteiger partial charge on any atom is 0.381 e. The van der Waals surface area contributed by atoms with Gasteiger partial charge in [-0.1, -0.05) is 0 Å². The predicted molar refractivity (Wildman–Crippen MR) is 50.3 cm³/mol. The summed E-state index contributed by atoms with van der Waals surface area (Å²) in [5, 5.41) is 0. The molecular weight excluding hydrogens is 312 g/mol. The molecule has 0 unspecified atom stereocenters. The van der Waals surface area contributed by atoms with Gasteiger partial charge in [0.1, 0.15) is 0 Å². The van der Waals surface area contributed by atoms with Crippen LogP contribution in [0.2, 0.25) is 0 Å². The maximum absolute atomic E-state index is 12.8. The highest BCUT2D eigenvalue weighted by molar-refractivity contribution is 7.80. The topological polar surface area (TPSA) is 26.3 Å². The maximum atomic E-state index is 12.8. The Bertz CT molecular complexity index is 320. The standard InChI is InChI=1S/C8H8F8O2S/c9-5(10)7(13,14)8(15,16)6(11,12)3-18-4(17)1-2-19/h5,19H,1-3H2. The van der Waals surface area contributed by atoms with Crippen LogP contribution in [0.25, 0.3) is 0 Å². The van der Waals surface area contributed by atoms with Crippen molar-refractivity contribution < 1.29 is 44.7 Å². The first kappa shape index (κ1) is 18.3. The molecule has 0 aliphatic carbocycles. The molecule has 0 rings (SSSR count). The van der Waals surface area contributed by atoms with Gasteiger partial charge in [0, 0.05) is 5.75 Å². The Morgan fingerprint density at radius 3 is 1.95 bits per heavy atom. The molecule has 2 nitrogen and oxygen atoms in total. The fourth-order valence-electron chi connectivity index (χ4n) is 0.806. The molecule has 0 aromatic heterocycles. The van der Waals surface area contributed by atoms with Crippen LogP contribution >= 0.6 is 12.6 Å². The lowest BCUT2D eigenvalue weighted by Crippen LogP contribution is -2.59. The number of carbonyl (C=O) groups is 1. The van der Waals surface area contributed by atoms with E-state index in [0.29, 0.717) is 0 Å². The van der Waals surface area contributed by atoms with Gasteiger partial charge in [-0.2, -0.15) is 39.0 Å². The molecule has 0 N–H and O–H groups in total. The lowest BCUT2D eigenvalue weighted by atomic mass is 10.1. The molecule has 0 radical (unpaired) electrons. The van der Waals surface area contributed by atoms with Gasteiger partial charge < -0.3 is 4.74 Å². The summed E-state index contributed by atoms with van der Waals surface area (Å²) in [5.74, 6) is -19.8. The minimum absolute atomic E-state index is 0.159. The fourth-order valence-corrected chi connectivity index (χ4v) is 0.989. The zero-order valence-electron chi connectivity index (χ0n) is 8.99. The smallest absolute Gasteiger partial charge is 0.381 e. The van der Waals surface area contributed by atoms with Crippen LogP contribution < -0.4 is 0 Å². The molecule has 0 atom stereocenters. The van der Waals surface area contributed by atoms with E-state index in [0.717, 1.165) is 0 Å². The zero-order valence-corrected chi connectivity index (χ0v) is 9.88. The van der Waals surface area contributed by atoms with Crippen molar-refractivity contribution in [2.24, 2.45) is 0 Å². The molecule has 0 aromatic carbocycles. The van der Waals surface area contributed by atoms with E-state index < -0.39 is 43.2 Å². The molecule has 114 valence electrons. The van der Waals surface area contributed by atoms with E-state index in [-0.39, 0.29) is 5.75 Å². The predicted octanol–water partition coefficient (Wildman–Crippen LogP) is 3.02. The van der Waals surface area contributed by atoms with Gasteiger partial charge in [-0.25, -0.2) is 8.78 Å². The lowest BCUT2D eigenvalue weighted by molar-refractivity contribution is -0.344. The highest BCUT2D eigenvalue weighted by Gasteiger charge is 2.75. The normalized spacial score (nSPS) is 13.8. The molecule has 0 saturated carbocycles. The minimum Gasteiger partial charge on any atom is -0.459 e. The Labute approximate surface area is 107 Å². The number of hydrogen-bond donors (Lipinski definition) is 1. The number of thiol groups is 1. The lowest BCUT2D eigenvalue weighted by Gasteiger charge is -2.31. The number of carbonyl (C=O) groups excluding carboxylic acids is 1. The molecule has 0 amide bonds. The first-order valence-electron chi connectivity index (χ1n) is 4.58. The van der Waals surface area contributed by atoms with Gasteiger partial charge in [-0.15, -0.1) is 0 Å². The van der Waals surface area contributed by atoms with E-state index in [1.54, 1.807) is 0 Å². The van der Waals surface area contributed by atoms with E-state index in [4.69, 9.17) is 0 Å². The number of esters is 1. The van der Waals surface area contributed by atoms with Crippen molar-refractivity contribution in [3.63, 3.8) is 0 Å². The zero-order chi connectivity index (χ0) is 15.5. The average Bonchev–Trinajstić information content (AvgIpc) is 2.26. The van der Waals surface area contributed by atoms with Crippen LogP contribution in [0.1, 0.15) is 6.42 Å². The van der Waals surface area contributed by atoms with Crippen LogP contribution in [0.3, 0.4) is 0 Å². The van der Waals surface area contributed by atoms with Crippen molar-refractivity contribution in [3.05, 3.63) is 0 Å². The fraction of sp³-hybridized carbons (Fsp3) is 0.875. The number of halogens is 8. The van der Waals surface area contributed by atoms with Gasteiger partial charge in [-0.05, 0) is 0 Å². The Morgan fingerprint density at radius 2 is 1.58 bits per heavy atom. The van der Waals surface area contributed by atoms with Crippen molar-refractivity contribution in [1.82, 2.24) is 0 Å². The van der Waals surface area contributed by atoms with E-state index in [2.05, 4.69) is 17.4 Å². The summed E-state index contributed by atoms with van der Waals surface area (Å²) in [6.45, 7) is -2.44. The third-order valence-corrected chi connectivity index (χ3v) is 2.11. The number of alkyl halides is 8. The van der Waals surface area contributed by atoms with Gasteiger partial charge in [0.25, 0.3) is 0 Å². The van der Waals surface area contributed by atoms with E-state index in [1.807, 2.05) is 0 Å². The molecule has 0 fully saturated rings. The molecule has 0 spiro atoms. The van der Waals surface area contributed by atoms with E-state index >= 15 is 0 Å². The molecule has 0 bridgehead atoms. The minimum atomic E-state index is -6.37. The van der Waals surface area contributed by atoms with Crippen molar-refractivity contribution in [2.75, 3.05) is 12.4 Å². The van der Waals surface area contributed by atoms with Crippen LogP contribution in [0.15, 0.2) is 0 Å². The van der Waals surface area contributed by atoms with Crippen molar-refractivity contribution in [3.8, 4) is 0 Å². The van der Waals surface area contributed by atoms with Crippen LogP contribution in [0.5, 0.6) is 0 Å². The second-order valence-corrected chi connectivity index (χ2v) is 3.78. The van der Waals surface area contributed by atoms with Gasteiger partial charge in [0.05, 0.1) is 6.42 Å². The molecule has 19 heavy (non-hydrogen) atoms. The third kappa shape index (κ3) is 3.86. The summed E-state index contributed by atoms with van der Waals surface area (Å²) in [6.07, 6.45) is -5.53. The highest BCUT2D eigenvalue weighted by atomic mass is 32.1. The van der Waals surface area contributed by atoms with Gasteiger partial charge in [0.2, 0.25) is 0 Å². The van der Waals surface area contributed by atoms with Gasteiger partial charge >= 0.3 is 30.2 Å². The summed E-state index contributed by atoms with van der Waals surface area (Å²) in [6, 6.07) is 0. The highest BCUT2D eigenvalue weighted by Crippen LogP contribution is 2.48. The van der Waals surface area contributed by atoms with Crippen LogP contribution in [0.4, 0.5) is 35.1 Å². The van der Waals surface area contributed by atoms with Crippen molar-refractivity contribution >= 4 is 18.6 Å². The van der Waals surface area contributed by atoms with Crippen LogP contribution in [0, 0.1) is 0 Å². The van der Waals surface area contributed by atoms with Crippen molar-refractivity contribution in [1.29, 1.82) is 0 Å². The van der Waals surface area contributed by atoms with Crippen LogP contribution in [-0.2, 0) is 9.53 Å². The molecule has 0 saturated heterocycles. The van der Waals surface area contributed by atoms with E-state index in [1.165, 1.54) is 0 Å². The summed E-state index contributed by atoms with van der Waals surface area (Å²) < 4.78 is 103. The average molecular weight is 320 g/mol. The third-order valence-electron chi connectivity index (χ3n) is 1.88. The first-order chi connectivity index (χ1) is 8.40. The van der Waals surface area contributed by atoms with Gasteiger partial charge in [0.15, 0.2) is 6.61 Å². The Hall–Kier alpha value is -0.740. The monoisotopic (exact) mass is 320 g/mol. The molecule has 0 aromatic rings. The van der Waals surface area contributed by atoms with Crippen LogP contribution in [-0.4, -0.2) is 42.5 Å². The quantitative estimate of drug-likeness (QED) is 0.443. The number of ether oxygens (including phenoxy) is 1. The van der Waals surface area contributed by atoms with Gasteiger partial charge in [-0.3, -0.25) is 4.79 Å².